The molecule has 3 nitrogen and oxygen atoms in total. The molecule has 0 aliphatic rings. The number of hydrogen-bond acceptors (Lipinski definition) is 2. The van der Waals surface area contributed by atoms with Crippen LogP contribution in [0.15, 0.2) is 54.7 Å². The summed E-state index contributed by atoms with van der Waals surface area (Å²) in [4.78, 5) is 0. The first-order valence-corrected chi connectivity index (χ1v) is 7.32. The topological polar surface area (TPSA) is 37.2 Å². The molecule has 0 unspecified atom stereocenters. The lowest BCUT2D eigenvalue weighted by Gasteiger charge is -2.08. The fraction of sp³-hybridized carbons (Fsp3) is 0.222. The molecule has 0 aliphatic heterocycles. The standard InChI is InChI=1S/C18H20N2O/c1-2-19-12-15-3-6-16-9-10-20(18(16)11-15)13-14-4-7-17(21)8-5-14/h3-11,19,21H,2,12-13H2,1H3. The largest absolute Gasteiger partial charge is 0.508 e. The van der Waals surface area contributed by atoms with E-state index in [2.05, 4.69) is 47.3 Å². The number of hydrogen-bond donors (Lipinski definition) is 2. The molecule has 0 aliphatic carbocycles. The van der Waals surface area contributed by atoms with Gasteiger partial charge in [0.05, 0.1) is 0 Å². The van der Waals surface area contributed by atoms with Crippen LogP contribution in [0, 0.1) is 0 Å². The van der Waals surface area contributed by atoms with E-state index >= 15 is 0 Å². The first-order valence-electron chi connectivity index (χ1n) is 7.32. The lowest BCUT2D eigenvalue weighted by Crippen LogP contribution is -2.11. The van der Waals surface area contributed by atoms with Crippen LogP contribution in [-0.2, 0) is 13.1 Å². The molecule has 1 aromatic heterocycles. The minimum Gasteiger partial charge on any atom is -0.508 e. The van der Waals surface area contributed by atoms with E-state index in [0.29, 0.717) is 5.75 Å². The fourth-order valence-electron chi connectivity index (χ4n) is 2.54. The number of rotatable bonds is 5. The average Bonchev–Trinajstić information content (AvgIpc) is 2.90. The number of phenols is 1. The number of aromatic nitrogens is 1. The van der Waals surface area contributed by atoms with E-state index in [1.165, 1.54) is 22.0 Å². The lowest BCUT2D eigenvalue weighted by atomic mass is 10.1. The second-order valence-electron chi connectivity index (χ2n) is 5.28. The number of nitrogens with one attached hydrogen (secondary N) is 1. The molecule has 1 heterocycles. The van der Waals surface area contributed by atoms with Gasteiger partial charge in [0.1, 0.15) is 5.75 Å². The van der Waals surface area contributed by atoms with Crippen molar-refractivity contribution in [3.8, 4) is 5.75 Å². The van der Waals surface area contributed by atoms with Gasteiger partial charge in [0.15, 0.2) is 0 Å². The van der Waals surface area contributed by atoms with Gasteiger partial charge in [-0.05, 0) is 47.3 Å². The van der Waals surface area contributed by atoms with E-state index < -0.39 is 0 Å². The van der Waals surface area contributed by atoms with E-state index in [1.807, 2.05) is 12.1 Å². The number of phenolic OH excluding ortho intramolecular Hbond substituents is 1. The first-order chi connectivity index (χ1) is 10.3. The van der Waals surface area contributed by atoms with Gasteiger partial charge in [-0.3, -0.25) is 0 Å². The van der Waals surface area contributed by atoms with Crippen LogP contribution < -0.4 is 5.32 Å². The van der Waals surface area contributed by atoms with Crippen LogP contribution >= 0.6 is 0 Å². The normalized spacial score (nSPS) is 11.1. The minimum absolute atomic E-state index is 0.309. The van der Waals surface area contributed by atoms with Crippen LogP contribution in [0.4, 0.5) is 0 Å². The van der Waals surface area contributed by atoms with E-state index in [4.69, 9.17) is 0 Å². The Morgan fingerprint density at radius 3 is 2.52 bits per heavy atom. The summed E-state index contributed by atoms with van der Waals surface area (Å²) in [6, 6.07) is 16.1. The molecule has 0 radical (unpaired) electrons. The van der Waals surface area contributed by atoms with Crippen molar-refractivity contribution in [1.82, 2.24) is 9.88 Å². The van der Waals surface area contributed by atoms with Crippen LogP contribution in [-0.4, -0.2) is 16.2 Å². The summed E-state index contributed by atoms with van der Waals surface area (Å²) >= 11 is 0. The maximum absolute atomic E-state index is 9.36. The van der Waals surface area contributed by atoms with Gasteiger partial charge < -0.3 is 15.0 Å². The predicted molar refractivity (Wildman–Crippen MR) is 86.5 cm³/mol. The Hall–Kier alpha value is -2.26. The summed E-state index contributed by atoms with van der Waals surface area (Å²) in [6.07, 6.45) is 2.12. The highest BCUT2D eigenvalue weighted by atomic mass is 16.3. The highest BCUT2D eigenvalue weighted by Gasteiger charge is 2.03. The van der Waals surface area contributed by atoms with Crippen LogP contribution in [0.3, 0.4) is 0 Å². The van der Waals surface area contributed by atoms with Crippen molar-refractivity contribution in [3.05, 3.63) is 65.9 Å². The van der Waals surface area contributed by atoms with E-state index in [0.717, 1.165) is 19.6 Å². The molecule has 108 valence electrons. The van der Waals surface area contributed by atoms with Gasteiger partial charge in [0.2, 0.25) is 0 Å². The predicted octanol–water partition coefficient (Wildman–Crippen LogP) is 3.50. The van der Waals surface area contributed by atoms with Gasteiger partial charge in [0, 0.05) is 24.8 Å². The van der Waals surface area contributed by atoms with Crippen molar-refractivity contribution in [1.29, 1.82) is 0 Å². The number of fused-ring (bicyclic) bond motifs is 1. The molecular formula is C18H20N2O. The Labute approximate surface area is 124 Å². The highest BCUT2D eigenvalue weighted by molar-refractivity contribution is 5.81. The molecule has 3 heteroatoms. The third-order valence-corrected chi connectivity index (χ3v) is 3.71. The second kappa shape index (κ2) is 6.02. The Morgan fingerprint density at radius 2 is 1.76 bits per heavy atom. The van der Waals surface area contributed by atoms with E-state index in [1.54, 1.807) is 12.1 Å². The first kappa shape index (κ1) is 13.7. The molecule has 0 saturated heterocycles. The molecule has 0 atom stereocenters. The molecule has 21 heavy (non-hydrogen) atoms. The quantitative estimate of drug-likeness (QED) is 0.750. The van der Waals surface area contributed by atoms with E-state index in [9.17, 15) is 5.11 Å². The average molecular weight is 280 g/mol. The zero-order chi connectivity index (χ0) is 14.7. The third-order valence-electron chi connectivity index (χ3n) is 3.71. The van der Waals surface area contributed by atoms with Gasteiger partial charge in [0.25, 0.3) is 0 Å². The van der Waals surface area contributed by atoms with Crippen LogP contribution in [0.2, 0.25) is 0 Å². The molecule has 0 bridgehead atoms. The number of benzene rings is 2. The van der Waals surface area contributed by atoms with Crippen molar-refractivity contribution in [3.63, 3.8) is 0 Å². The highest BCUT2D eigenvalue weighted by Crippen LogP contribution is 2.20. The van der Waals surface area contributed by atoms with Crippen molar-refractivity contribution < 1.29 is 5.11 Å². The Bertz CT molecular complexity index is 729. The van der Waals surface area contributed by atoms with Crippen molar-refractivity contribution in [2.45, 2.75) is 20.0 Å². The Morgan fingerprint density at radius 1 is 1.00 bits per heavy atom. The van der Waals surface area contributed by atoms with Crippen LogP contribution in [0.25, 0.3) is 10.9 Å². The summed E-state index contributed by atoms with van der Waals surface area (Å²) in [5.74, 6) is 0.309. The van der Waals surface area contributed by atoms with E-state index in [-0.39, 0.29) is 0 Å². The summed E-state index contributed by atoms with van der Waals surface area (Å²) < 4.78 is 2.25. The maximum atomic E-state index is 9.36. The zero-order valence-electron chi connectivity index (χ0n) is 12.2. The molecule has 2 N–H and O–H groups in total. The zero-order valence-corrected chi connectivity index (χ0v) is 12.2. The molecule has 2 aromatic carbocycles. The molecule has 0 amide bonds. The third kappa shape index (κ3) is 3.09. The van der Waals surface area contributed by atoms with Crippen molar-refractivity contribution in [2.75, 3.05) is 6.54 Å². The Balaban J connectivity index is 1.89. The smallest absolute Gasteiger partial charge is 0.115 e. The van der Waals surface area contributed by atoms with Crippen LogP contribution in [0.5, 0.6) is 5.75 Å². The summed E-state index contributed by atoms with van der Waals surface area (Å²) in [7, 11) is 0. The summed E-state index contributed by atoms with van der Waals surface area (Å²) in [6.45, 7) is 4.81. The van der Waals surface area contributed by atoms with Crippen LogP contribution in [0.1, 0.15) is 18.1 Å². The minimum atomic E-state index is 0.309. The maximum Gasteiger partial charge on any atom is 0.115 e. The van der Waals surface area contributed by atoms with Gasteiger partial charge in [-0.2, -0.15) is 0 Å². The van der Waals surface area contributed by atoms with Gasteiger partial charge in [-0.15, -0.1) is 0 Å². The SMILES string of the molecule is CCNCc1ccc2ccn(Cc3ccc(O)cc3)c2c1. The summed E-state index contributed by atoms with van der Waals surface area (Å²) in [5, 5.41) is 14.0. The van der Waals surface area contributed by atoms with Gasteiger partial charge in [-0.1, -0.05) is 31.2 Å². The monoisotopic (exact) mass is 280 g/mol. The molecular weight excluding hydrogens is 260 g/mol. The van der Waals surface area contributed by atoms with Crippen molar-refractivity contribution in [2.24, 2.45) is 0 Å². The number of nitrogens with zero attached hydrogens (tertiary/aromatic N) is 1. The molecule has 3 aromatic rings. The lowest BCUT2D eigenvalue weighted by molar-refractivity contribution is 0.475. The Kier molecular flexibility index (Phi) is 3.93. The van der Waals surface area contributed by atoms with Gasteiger partial charge >= 0.3 is 0 Å². The number of aromatic hydroxyl groups is 1. The molecule has 0 saturated carbocycles. The van der Waals surface area contributed by atoms with Gasteiger partial charge in [-0.25, -0.2) is 0 Å². The fourth-order valence-corrected chi connectivity index (χ4v) is 2.54. The molecule has 0 fully saturated rings. The summed E-state index contributed by atoms with van der Waals surface area (Å²) in [5.41, 5.74) is 3.73. The molecule has 3 rings (SSSR count). The molecule has 0 spiro atoms. The second-order valence-corrected chi connectivity index (χ2v) is 5.28. The van der Waals surface area contributed by atoms with Crippen molar-refractivity contribution >= 4 is 10.9 Å².